The Morgan fingerprint density at radius 2 is 2.33 bits per heavy atom. The summed E-state index contributed by atoms with van der Waals surface area (Å²) in [4.78, 5) is 10.2. The zero-order valence-electron chi connectivity index (χ0n) is 5.01. The highest BCUT2D eigenvalue weighted by molar-refractivity contribution is 6.14. The number of hydrogen-bond acceptors (Lipinski definition) is 2. The van der Waals surface area contributed by atoms with Gasteiger partial charge >= 0.3 is 0 Å². The second-order valence-corrected chi connectivity index (χ2v) is 2.69. The third-order valence-corrected chi connectivity index (χ3v) is 1.65. The van der Waals surface area contributed by atoms with E-state index in [0.717, 1.165) is 12.8 Å². The second-order valence-electron chi connectivity index (χ2n) is 2.26. The lowest BCUT2D eigenvalue weighted by Gasteiger charge is -2.07. The van der Waals surface area contributed by atoms with Crippen molar-refractivity contribution in [3.8, 4) is 0 Å². The first-order chi connectivity index (χ1) is 4.20. The van der Waals surface area contributed by atoms with Crippen molar-refractivity contribution in [2.24, 2.45) is 5.73 Å². The number of amides is 1. The standard InChI is InChI=1S/C5H9ClN2O/c6-8(3-5(7)9)4-1-2-4/h4H,1-3H2,(H2,7,9). The van der Waals surface area contributed by atoms with E-state index in [-0.39, 0.29) is 12.5 Å². The minimum atomic E-state index is -0.364. The second kappa shape index (κ2) is 2.54. The van der Waals surface area contributed by atoms with E-state index in [9.17, 15) is 4.79 Å². The summed E-state index contributed by atoms with van der Waals surface area (Å²) in [6, 6.07) is 0.402. The predicted molar refractivity (Wildman–Crippen MR) is 34.8 cm³/mol. The Balaban J connectivity index is 2.17. The van der Waals surface area contributed by atoms with Gasteiger partial charge in [-0.2, -0.15) is 0 Å². The Labute approximate surface area is 58.9 Å². The van der Waals surface area contributed by atoms with Crippen molar-refractivity contribution >= 4 is 17.7 Å². The molecule has 0 aromatic rings. The zero-order valence-corrected chi connectivity index (χ0v) is 5.77. The maximum atomic E-state index is 10.2. The van der Waals surface area contributed by atoms with Crippen molar-refractivity contribution in [1.29, 1.82) is 0 Å². The topological polar surface area (TPSA) is 46.3 Å². The zero-order chi connectivity index (χ0) is 6.85. The summed E-state index contributed by atoms with van der Waals surface area (Å²) in [7, 11) is 0. The van der Waals surface area contributed by atoms with Gasteiger partial charge in [0.05, 0.1) is 6.54 Å². The largest absolute Gasteiger partial charge is 0.369 e. The lowest BCUT2D eigenvalue weighted by molar-refractivity contribution is -0.118. The van der Waals surface area contributed by atoms with Gasteiger partial charge in [0, 0.05) is 6.04 Å². The molecule has 1 amide bonds. The lowest BCUT2D eigenvalue weighted by atomic mass is 10.6. The molecule has 0 heterocycles. The van der Waals surface area contributed by atoms with Crippen molar-refractivity contribution in [3.63, 3.8) is 0 Å². The molecule has 0 unspecified atom stereocenters. The summed E-state index contributed by atoms with van der Waals surface area (Å²) >= 11 is 5.61. The van der Waals surface area contributed by atoms with Gasteiger partial charge in [0.1, 0.15) is 0 Å². The van der Waals surface area contributed by atoms with E-state index in [2.05, 4.69) is 0 Å². The summed E-state index contributed by atoms with van der Waals surface area (Å²) < 4.78 is 1.47. The Morgan fingerprint density at radius 3 is 2.67 bits per heavy atom. The van der Waals surface area contributed by atoms with Crippen LogP contribution in [0.3, 0.4) is 0 Å². The Hall–Kier alpha value is -0.280. The number of nitrogens with zero attached hydrogens (tertiary/aromatic N) is 1. The summed E-state index contributed by atoms with van der Waals surface area (Å²) in [6.07, 6.45) is 2.19. The highest BCUT2D eigenvalue weighted by Crippen LogP contribution is 2.27. The van der Waals surface area contributed by atoms with Gasteiger partial charge < -0.3 is 5.73 Å². The van der Waals surface area contributed by atoms with Crippen molar-refractivity contribution < 1.29 is 4.79 Å². The molecule has 1 rings (SSSR count). The number of nitrogens with two attached hydrogens (primary N) is 1. The molecule has 0 spiro atoms. The van der Waals surface area contributed by atoms with Crippen molar-refractivity contribution in [3.05, 3.63) is 0 Å². The van der Waals surface area contributed by atoms with Crippen LogP contribution in [0.2, 0.25) is 0 Å². The molecular weight excluding hydrogens is 140 g/mol. The molecule has 0 atom stereocenters. The van der Waals surface area contributed by atoms with E-state index in [1.54, 1.807) is 0 Å². The van der Waals surface area contributed by atoms with Gasteiger partial charge in [-0.3, -0.25) is 4.79 Å². The number of rotatable bonds is 3. The molecule has 0 radical (unpaired) electrons. The van der Waals surface area contributed by atoms with Crippen molar-refractivity contribution in [1.82, 2.24) is 4.42 Å². The molecular formula is C5H9ClN2O. The summed E-state index contributed by atoms with van der Waals surface area (Å²) in [5.41, 5.74) is 4.89. The number of primary amides is 1. The van der Waals surface area contributed by atoms with Crippen LogP contribution >= 0.6 is 11.8 Å². The molecule has 3 nitrogen and oxygen atoms in total. The number of carbonyl (C=O) groups excluding carboxylic acids is 1. The van der Waals surface area contributed by atoms with Gasteiger partial charge in [0.2, 0.25) is 5.91 Å². The third-order valence-electron chi connectivity index (χ3n) is 1.25. The summed E-state index contributed by atoms with van der Waals surface area (Å²) in [5, 5.41) is 0. The van der Waals surface area contributed by atoms with Crippen molar-refractivity contribution in [2.45, 2.75) is 18.9 Å². The SMILES string of the molecule is NC(=O)CN(Cl)C1CC1. The van der Waals surface area contributed by atoms with E-state index in [1.165, 1.54) is 4.42 Å². The van der Waals surface area contributed by atoms with Gasteiger partial charge in [-0.15, -0.1) is 0 Å². The monoisotopic (exact) mass is 148 g/mol. The Morgan fingerprint density at radius 1 is 1.78 bits per heavy atom. The minimum absolute atomic E-state index is 0.173. The Kier molecular flexibility index (Phi) is 1.93. The van der Waals surface area contributed by atoms with Gasteiger partial charge in [-0.1, -0.05) is 0 Å². The van der Waals surface area contributed by atoms with Crippen LogP contribution in [0, 0.1) is 0 Å². The van der Waals surface area contributed by atoms with Crippen LogP contribution in [-0.2, 0) is 4.79 Å². The smallest absolute Gasteiger partial charge is 0.232 e. The molecule has 0 aromatic heterocycles. The van der Waals surface area contributed by atoms with Crippen LogP contribution in [0.4, 0.5) is 0 Å². The average molecular weight is 149 g/mol. The molecule has 0 aliphatic heterocycles. The average Bonchev–Trinajstić information content (AvgIpc) is 2.40. The first kappa shape index (κ1) is 6.83. The van der Waals surface area contributed by atoms with Gasteiger partial charge in [-0.05, 0) is 24.6 Å². The highest BCUT2D eigenvalue weighted by atomic mass is 35.5. The molecule has 0 saturated heterocycles. The third kappa shape index (κ3) is 2.20. The molecule has 1 aliphatic rings. The fourth-order valence-electron chi connectivity index (χ4n) is 0.633. The fourth-order valence-corrected chi connectivity index (χ4v) is 0.946. The van der Waals surface area contributed by atoms with E-state index in [1.807, 2.05) is 0 Å². The van der Waals surface area contributed by atoms with Crippen LogP contribution in [0.25, 0.3) is 0 Å². The molecule has 1 aliphatic carbocycles. The van der Waals surface area contributed by atoms with Gasteiger partial charge in [0.15, 0.2) is 0 Å². The van der Waals surface area contributed by atoms with Gasteiger partial charge in [0.25, 0.3) is 0 Å². The van der Waals surface area contributed by atoms with Crippen LogP contribution < -0.4 is 5.73 Å². The maximum absolute atomic E-state index is 10.2. The first-order valence-electron chi connectivity index (χ1n) is 2.91. The van der Waals surface area contributed by atoms with Crippen LogP contribution in [-0.4, -0.2) is 22.9 Å². The molecule has 0 aromatic carbocycles. The van der Waals surface area contributed by atoms with Crippen LogP contribution in [0.5, 0.6) is 0 Å². The van der Waals surface area contributed by atoms with Crippen LogP contribution in [0.15, 0.2) is 0 Å². The highest BCUT2D eigenvalue weighted by Gasteiger charge is 2.28. The van der Waals surface area contributed by atoms with E-state index in [4.69, 9.17) is 17.5 Å². The normalized spacial score (nSPS) is 18.4. The molecule has 0 bridgehead atoms. The Bertz CT molecular complexity index is 124. The van der Waals surface area contributed by atoms with E-state index < -0.39 is 0 Å². The van der Waals surface area contributed by atoms with Crippen LogP contribution in [0.1, 0.15) is 12.8 Å². The predicted octanol–water partition coefficient (Wildman–Crippen LogP) is 0.0899. The summed E-state index contributed by atoms with van der Waals surface area (Å²) in [6.45, 7) is 0.173. The number of hydrogen-bond donors (Lipinski definition) is 1. The quantitative estimate of drug-likeness (QED) is 0.577. The molecule has 52 valence electrons. The van der Waals surface area contributed by atoms with E-state index >= 15 is 0 Å². The number of carbonyl (C=O) groups is 1. The maximum Gasteiger partial charge on any atom is 0.232 e. The molecule has 1 fully saturated rings. The first-order valence-corrected chi connectivity index (χ1v) is 3.24. The van der Waals surface area contributed by atoms with Crippen molar-refractivity contribution in [2.75, 3.05) is 6.54 Å². The molecule has 4 heteroatoms. The molecule has 1 saturated carbocycles. The minimum Gasteiger partial charge on any atom is -0.369 e. The summed E-state index contributed by atoms with van der Waals surface area (Å²) in [5.74, 6) is -0.364. The van der Waals surface area contributed by atoms with E-state index in [0.29, 0.717) is 6.04 Å². The number of halogens is 1. The fraction of sp³-hybridized carbons (Fsp3) is 0.800. The molecule has 2 N–H and O–H groups in total. The van der Waals surface area contributed by atoms with Gasteiger partial charge in [-0.25, -0.2) is 4.42 Å². The lowest BCUT2D eigenvalue weighted by Crippen LogP contribution is -2.28. The molecule has 9 heavy (non-hydrogen) atoms.